The lowest BCUT2D eigenvalue weighted by molar-refractivity contribution is 0.344. The molecule has 1 nitrogen and oxygen atoms in total. The first kappa shape index (κ1) is 15.2. The Balaban J connectivity index is 2.75. The predicted octanol–water partition coefficient (Wildman–Crippen LogP) is 4.51. The lowest BCUT2D eigenvalue weighted by atomic mass is 9.83. The summed E-state index contributed by atoms with van der Waals surface area (Å²) in [6, 6.07) is 8.82. The second kappa shape index (κ2) is 6.94. The molecule has 102 valence electrons. The quantitative estimate of drug-likeness (QED) is 0.779. The standard InChI is InChI=1S/C17H29N/c1-6-18-13-15(11-12-17(3,4)5)16-10-8-7-9-14(16)2/h7-10,15,18H,6,11-13H2,1-5H3. The molecule has 1 atom stereocenters. The van der Waals surface area contributed by atoms with Crippen molar-refractivity contribution in [2.45, 2.75) is 53.4 Å². The number of hydrogen-bond acceptors (Lipinski definition) is 1. The maximum atomic E-state index is 3.51. The van der Waals surface area contributed by atoms with Crippen LogP contribution in [-0.4, -0.2) is 13.1 Å². The zero-order chi connectivity index (χ0) is 13.6. The van der Waals surface area contributed by atoms with Crippen LogP contribution in [0.1, 0.15) is 57.6 Å². The van der Waals surface area contributed by atoms with Crippen molar-refractivity contribution in [1.82, 2.24) is 5.32 Å². The van der Waals surface area contributed by atoms with Crippen LogP contribution in [0.15, 0.2) is 24.3 Å². The van der Waals surface area contributed by atoms with Crippen LogP contribution >= 0.6 is 0 Å². The number of benzene rings is 1. The first-order valence-electron chi connectivity index (χ1n) is 7.20. The van der Waals surface area contributed by atoms with E-state index in [0.717, 1.165) is 13.1 Å². The molecule has 0 fully saturated rings. The zero-order valence-electron chi connectivity index (χ0n) is 12.7. The van der Waals surface area contributed by atoms with E-state index in [0.29, 0.717) is 11.3 Å². The number of nitrogens with one attached hydrogen (secondary N) is 1. The summed E-state index contributed by atoms with van der Waals surface area (Å²) >= 11 is 0. The number of hydrogen-bond donors (Lipinski definition) is 1. The Labute approximate surface area is 113 Å². The van der Waals surface area contributed by atoms with Crippen LogP contribution in [0.25, 0.3) is 0 Å². The van der Waals surface area contributed by atoms with E-state index in [1.165, 1.54) is 24.0 Å². The normalized spacial score (nSPS) is 13.6. The molecule has 1 unspecified atom stereocenters. The van der Waals surface area contributed by atoms with Crippen LogP contribution in [0.4, 0.5) is 0 Å². The average molecular weight is 247 g/mol. The van der Waals surface area contributed by atoms with Gasteiger partial charge in [0.05, 0.1) is 0 Å². The van der Waals surface area contributed by atoms with E-state index in [4.69, 9.17) is 0 Å². The maximum absolute atomic E-state index is 3.51. The highest BCUT2D eigenvalue weighted by Gasteiger charge is 2.17. The van der Waals surface area contributed by atoms with Crippen LogP contribution in [0, 0.1) is 12.3 Å². The van der Waals surface area contributed by atoms with Gasteiger partial charge in [0.2, 0.25) is 0 Å². The molecular weight excluding hydrogens is 218 g/mol. The molecule has 0 aliphatic carbocycles. The summed E-state index contributed by atoms with van der Waals surface area (Å²) in [4.78, 5) is 0. The van der Waals surface area contributed by atoms with Crippen LogP contribution in [0.5, 0.6) is 0 Å². The van der Waals surface area contributed by atoms with Crippen molar-refractivity contribution in [2.75, 3.05) is 13.1 Å². The smallest absolute Gasteiger partial charge is 0.00201 e. The third kappa shape index (κ3) is 5.22. The van der Waals surface area contributed by atoms with Gasteiger partial charge in [0.15, 0.2) is 0 Å². The highest BCUT2D eigenvalue weighted by molar-refractivity contribution is 5.29. The molecule has 0 heterocycles. The monoisotopic (exact) mass is 247 g/mol. The van der Waals surface area contributed by atoms with Gasteiger partial charge in [-0.2, -0.15) is 0 Å². The second-order valence-electron chi connectivity index (χ2n) is 6.46. The summed E-state index contributed by atoms with van der Waals surface area (Å²) in [7, 11) is 0. The van der Waals surface area contributed by atoms with Crippen molar-refractivity contribution in [1.29, 1.82) is 0 Å². The van der Waals surface area contributed by atoms with E-state index in [2.05, 4.69) is 64.2 Å². The van der Waals surface area contributed by atoms with Crippen LogP contribution in [0.3, 0.4) is 0 Å². The van der Waals surface area contributed by atoms with Crippen molar-refractivity contribution in [3.8, 4) is 0 Å². The van der Waals surface area contributed by atoms with Gasteiger partial charge in [0.25, 0.3) is 0 Å². The average Bonchev–Trinajstić information content (AvgIpc) is 2.29. The van der Waals surface area contributed by atoms with Crippen molar-refractivity contribution in [3.05, 3.63) is 35.4 Å². The molecule has 1 heteroatoms. The number of aryl methyl sites for hydroxylation is 1. The summed E-state index contributed by atoms with van der Waals surface area (Å²) in [5, 5.41) is 3.51. The summed E-state index contributed by atoms with van der Waals surface area (Å²) in [6.07, 6.45) is 2.54. The number of likely N-dealkylation sites (N-methyl/N-ethyl adjacent to an activating group) is 1. The fourth-order valence-electron chi connectivity index (χ4n) is 2.34. The molecule has 0 bridgehead atoms. The van der Waals surface area contributed by atoms with Gasteiger partial charge in [-0.3, -0.25) is 0 Å². The van der Waals surface area contributed by atoms with E-state index in [9.17, 15) is 0 Å². The van der Waals surface area contributed by atoms with Crippen LogP contribution in [0.2, 0.25) is 0 Å². The van der Waals surface area contributed by atoms with Crippen LogP contribution in [-0.2, 0) is 0 Å². The van der Waals surface area contributed by atoms with Gasteiger partial charge in [0, 0.05) is 6.54 Å². The molecule has 0 amide bonds. The Morgan fingerprint density at radius 2 is 1.83 bits per heavy atom. The molecule has 0 radical (unpaired) electrons. The Morgan fingerprint density at radius 3 is 2.39 bits per heavy atom. The minimum absolute atomic E-state index is 0.424. The Hall–Kier alpha value is -0.820. The van der Waals surface area contributed by atoms with Crippen LogP contribution < -0.4 is 5.32 Å². The van der Waals surface area contributed by atoms with Gasteiger partial charge in [-0.1, -0.05) is 52.0 Å². The second-order valence-corrected chi connectivity index (χ2v) is 6.46. The van der Waals surface area contributed by atoms with Gasteiger partial charge in [-0.25, -0.2) is 0 Å². The minimum atomic E-state index is 0.424. The molecule has 0 aliphatic rings. The molecule has 0 aromatic heterocycles. The highest BCUT2D eigenvalue weighted by Crippen LogP contribution is 2.29. The highest BCUT2D eigenvalue weighted by atomic mass is 14.8. The van der Waals surface area contributed by atoms with E-state index in [1.54, 1.807) is 0 Å². The fraction of sp³-hybridized carbons (Fsp3) is 0.647. The maximum Gasteiger partial charge on any atom is 0.00201 e. The van der Waals surface area contributed by atoms with Crippen molar-refractivity contribution in [3.63, 3.8) is 0 Å². The Bertz CT molecular complexity index is 349. The van der Waals surface area contributed by atoms with E-state index < -0.39 is 0 Å². The predicted molar refractivity (Wildman–Crippen MR) is 81.2 cm³/mol. The van der Waals surface area contributed by atoms with E-state index >= 15 is 0 Å². The molecule has 1 rings (SSSR count). The molecule has 18 heavy (non-hydrogen) atoms. The van der Waals surface area contributed by atoms with Crippen molar-refractivity contribution in [2.24, 2.45) is 5.41 Å². The molecule has 1 aromatic rings. The first-order chi connectivity index (χ1) is 8.44. The molecule has 0 saturated carbocycles. The summed E-state index contributed by atoms with van der Waals surface area (Å²) in [6.45, 7) is 13.5. The lowest BCUT2D eigenvalue weighted by Gasteiger charge is -2.25. The molecule has 1 aromatic carbocycles. The lowest BCUT2D eigenvalue weighted by Crippen LogP contribution is -2.23. The van der Waals surface area contributed by atoms with E-state index in [1.807, 2.05) is 0 Å². The first-order valence-corrected chi connectivity index (χ1v) is 7.20. The molecule has 0 spiro atoms. The van der Waals surface area contributed by atoms with Crippen molar-refractivity contribution >= 4 is 0 Å². The van der Waals surface area contributed by atoms with Gasteiger partial charge >= 0.3 is 0 Å². The summed E-state index contributed by atoms with van der Waals surface area (Å²) in [5.74, 6) is 0.644. The SMILES string of the molecule is CCNCC(CCC(C)(C)C)c1ccccc1C. The minimum Gasteiger partial charge on any atom is -0.316 e. The zero-order valence-corrected chi connectivity index (χ0v) is 12.7. The molecular formula is C17H29N. The molecule has 1 N–H and O–H groups in total. The largest absolute Gasteiger partial charge is 0.316 e. The van der Waals surface area contributed by atoms with Crippen molar-refractivity contribution < 1.29 is 0 Å². The third-order valence-electron chi connectivity index (χ3n) is 3.51. The molecule has 0 aliphatic heterocycles. The third-order valence-corrected chi connectivity index (χ3v) is 3.51. The Kier molecular flexibility index (Phi) is 5.87. The van der Waals surface area contributed by atoms with Gasteiger partial charge < -0.3 is 5.32 Å². The fourth-order valence-corrected chi connectivity index (χ4v) is 2.34. The van der Waals surface area contributed by atoms with Gasteiger partial charge in [0.1, 0.15) is 0 Å². The van der Waals surface area contributed by atoms with E-state index in [-0.39, 0.29) is 0 Å². The molecule has 0 saturated heterocycles. The van der Waals surface area contributed by atoms with Gasteiger partial charge in [-0.05, 0) is 48.8 Å². The summed E-state index contributed by atoms with van der Waals surface area (Å²) < 4.78 is 0. The number of rotatable bonds is 6. The van der Waals surface area contributed by atoms with Gasteiger partial charge in [-0.15, -0.1) is 0 Å². The summed E-state index contributed by atoms with van der Waals surface area (Å²) in [5.41, 5.74) is 3.37. The topological polar surface area (TPSA) is 12.0 Å². The Morgan fingerprint density at radius 1 is 1.17 bits per heavy atom.